The molecule has 156 valence electrons. The van der Waals surface area contributed by atoms with Crippen LogP contribution < -0.4 is 10.7 Å². The molecule has 1 heterocycles. The van der Waals surface area contributed by atoms with E-state index < -0.39 is 36.2 Å². The Kier molecular flexibility index (Phi) is 6.68. The number of ether oxygens (including phenoxy) is 1. The summed E-state index contributed by atoms with van der Waals surface area (Å²) in [6.07, 6.45) is -0.124. The zero-order chi connectivity index (χ0) is 21.7. The van der Waals surface area contributed by atoms with E-state index in [4.69, 9.17) is 16.3 Å². The fraction of sp³-hybridized carbons (Fsp3) is 0.238. The standard InChI is InChI=1S/C21H20ClN3O5/c1-13-5-4-6-15(9-13)23-18(26)12-30-21(29)14-10-19(27)25(11-14)24-20(28)16-7-2-3-8-17(16)22/h2-9,14H,10-12H2,1H3,(H,23,26)(H,24,28)/t14-/m0/s1. The molecule has 0 aliphatic carbocycles. The fourth-order valence-corrected chi connectivity index (χ4v) is 3.20. The highest BCUT2D eigenvalue weighted by molar-refractivity contribution is 6.33. The molecule has 2 aromatic rings. The lowest BCUT2D eigenvalue weighted by Gasteiger charge is -2.18. The summed E-state index contributed by atoms with van der Waals surface area (Å²) in [7, 11) is 0. The molecule has 1 saturated heterocycles. The third-order valence-corrected chi connectivity index (χ3v) is 4.79. The van der Waals surface area contributed by atoms with Crippen LogP contribution in [0.1, 0.15) is 22.3 Å². The average Bonchev–Trinajstić information content (AvgIpc) is 3.07. The molecule has 1 atom stereocenters. The van der Waals surface area contributed by atoms with E-state index >= 15 is 0 Å². The average molecular weight is 430 g/mol. The molecule has 2 N–H and O–H groups in total. The van der Waals surface area contributed by atoms with E-state index in [-0.39, 0.29) is 23.6 Å². The van der Waals surface area contributed by atoms with Gasteiger partial charge in [-0.2, -0.15) is 0 Å². The molecule has 1 aliphatic rings. The summed E-state index contributed by atoms with van der Waals surface area (Å²) in [4.78, 5) is 48.7. The van der Waals surface area contributed by atoms with Crippen LogP contribution in [0.25, 0.3) is 0 Å². The maximum absolute atomic E-state index is 12.3. The van der Waals surface area contributed by atoms with Gasteiger partial charge in [0.15, 0.2) is 6.61 Å². The molecule has 3 amide bonds. The molecule has 1 aliphatic heterocycles. The Hall–Kier alpha value is -3.39. The summed E-state index contributed by atoms with van der Waals surface area (Å²) in [5.41, 5.74) is 4.24. The van der Waals surface area contributed by atoms with Gasteiger partial charge in [-0.3, -0.25) is 29.6 Å². The van der Waals surface area contributed by atoms with Crippen molar-refractivity contribution >= 4 is 41.0 Å². The first kappa shape index (κ1) is 21.3. The van der Waals surface area contributed by atoms with Crippen molar-refractivity contribution < 1.29 is 23.9 Å². The number of esters is 1. The highest BCUT2D eigenvalue weighted by Gasteiger charge is 2.36. The number of hydrogen-bond acceptors (Lipinski definition) is 5. The van der Waals surface area contributed by atoms with Crippen LogP contribution in [0.3, 0.4) is 0 Å². The molecule has 8 nitrogen and oxygen atoms in total. The number of nitrogens with one attached hydrogen (secondary N) is 2. The molecule has 0 unspecified atom stereocenters. The molecule has 2 aromatic carbocycles. The number of carbonyl (C=O) groups is 4. The van der Waals surface area contributed by atoms with Gasteiger partial charge in [-0.1, -0.05) is 35.9 Å². The topological polar surface area (TPSA) is 105 Å². The lowest BCUT2D eigenvalue weighted by molar-refractivity contribution is -0.151. The Labute approximate surface area is 178 Å². The van der Waals surface area contributed by atoms with Crippen LogP contribution in [0.2, 0.25) is 5.02 Å². The summed E-state index contributed by atoms with van der Waals surface area (Å²) in [6, 6.07) is 13.6. The molecule has 0 bridgehead atoms. The zero-order valence-electron chi connectivity index (χ0n) is 16.2. The summed E-state index contributed by atoms with van der Waals surface area (Å²) in [6.45, 7) is 1.37. The van der Waals surface area contributed by atoms with Crippen molar-refractivity contribution in [1.29, 1.82) is 0 Å². The van der Waals surface area contributed by atoms with Crippen molar-refractivity contribution in [2.75, 3.05) is 18.5 Å². The first-order chi connectivity index (χ1) is 14.3. The van der Waals surface area contributed by atoms with Gasteiger partial charge < -0.3 is 10.1 Å². The van der Waals surface area contributed by atoms with Gasteiger partial charge in [-0.05, 0) is 36.8 Å². The Balaban J connectivity index is 1.49. The third kappa shape index (κ3) is 5.36. The van der Waals surface area contributed by atoms with Gasteiger partial charge in [0.05, 0.1) is 23.0 Å². The molecule has 1 fully saturated rings. The Morgan fingerprint density at radius 1 is 1.17 bits per heavy atom. The second-order valence-electron chi connectivity index (χ2n) is 6.85. The van der Waals surface area contributed by atoms with E-state index in [2.05, 4.69) is 10.7 Å². The molecule has 0 radical (unpaired) electrons. The third-order valence-electron chi connectivity index (χ3n) is 4.46. The number of rotatable bonds is 6. The molecule has 0 spiro atoms. The normalized spacial score (nSPS) is 15.6. The van der Waals surface area contributed by atoms with E-state index in [1.165, 1.54) is 6.07 Å². The largest absolute Gasteiger partial charge is 0.455 e. The molecule has 9 heteroatoms. The first-order valence-corrected chi connectivity index (χ1v) is 9.60. The Morgan fingerprint density at radius 3 is 2.67 bits per heavy atom. The smallest absolute Gasteiger partial charge is 0.311 e. The predicted molar refractivity (Wildman–Crippen MR) is 110 cm³/mol. The maximum Gasteiger partial charge on any atom is 0.311 e. The van der Waals surface area contributed by atoms with Gasteiger partial charge in [0, 0.05) is 12.1 Å². The van der Waals surface area contributed by atoms with Gasteiger partial charge in [0.25, 0.3) is 11.8 Å². The van der Waals surface area contributed by atoms with Gasteiger partial charge in [0.1, 0.15) is 0 Å². The number of anilines is 1. The van der Waals surface area contributed by atoms with E-state index in [9.17, 15) is 19.2 Å². The van der Waals surface area contributed by atoms with Crippen molar-refractivity contribution in [1.82, 2.24) is 10.4 Å². The highest BCUT2D eigenvalue weighted by atomic mass is 35.5. The number of benzene rings is 2. The summed E-state index contributed by atoms with van der Waals surface area (Å²) in [5.74, 6) is -2.93. The first-order valence-electron chi connectivity index (χ1n) is 9.22. The molecule has 3 rings (SSSR count). The van der Waals surface area contributed by atoms with Crippen molar-refractivity contribution in [2.24, 2.45) is 5.92 Å². The molecule has 0 saturated carbocycles. The number of hydrazine groups is 1. The van der Waals surface area contributed by atoms with Crippen LogP contribution in [0, 0.1) is 12.8 Å². The number of aryl methyl sites for hydroxylation is 1. The van der Waals surface area contributed by atoms with Gasteiger partial charge in [-0.15, -0.1) is 0 Å². The molecule has 30 heavy (non-hydrogen) atoms. The van der Waals surface area contributed by atoms with Crippen LogP contribution in [0.5, 0.6) is 0 Å². The van der Waals surface area contributed by atoms with Gasteiger partial charge in [-0.25, -0.2) is 0 Å². The number of halogens is 1. The minimum absolute atomic E-state index is 0.0483. The van der Waals surface area contributed by atoms with Crippen LogP contribution in [0.15, 0.2) is 48.5 Å². The van der Waals surface area contributed by atoms with E-state index in [0.29, 0.717) is 5.69 Å². The van der Waals surface area contributed by atoms with Crippen molar-refractivity contribution in [3.63, 3.8) is 0 Å². The number of amides is 3. The van der Waals surface area contributed by atoms with Crippen LogP contribution in [-0.4, -0.2) is 41.9 Å². The van der Waals surface area contributed by atoms with Crippen LogP contribution in [0.4, 0.5) is 5.69 Å². The number of carbonyl (C=O) groups excluding carboxylic acids is 4. The summed E-state index contributed by atoms with van der Waals surface area (Å²) >= 11 is 5.98. The number of nitrogens with zero attached hydrogens (tertiary/aromatic N) is 1. The second-order valence-corrected chi connectivity index (χ2v) is 7.26. The lowest BCUT2D eigenvalue weighted by Crippen LogP contribution is -2.43. The van der Waals surface area contributed by atoms with Gasteiger partial charge in [0.2, 0.25) is 5.91 Å². The fourth-order valence-electron chi connectivity index (χ4n) is 2.98. The molecule has 0 aromatic heterocycles. The predicted octanol–water partition coefficient (Wildman–Crippen LogP) is 2.32. The molecular weight excluding hydrogens is 410 g/mol. The monoisotopic (exact) mass is 429 g/mol. The van der Waals surface area contributed by atoms with Crippen molar-refractivity contribution in [2.45, 2.75) is 13.3 Å². The van der Waals surface area contributed by atoms with E-state index in [0.717, 1.165) is 10.6 Å². The Bertz CT molecular complexity index is 994. The van der Waals surface area contributed by atoms with Crippen molar-refractivity contribution in [3.8, 4) is 0 Å². The number of hydrogen-bond donors (Lipinski definition) is 2. The van der Waals surface area contributed by atoms with E-state index in [1.54, 1.807) is 36.4 Å². The second kappa shape index (κ2) is 9.41. The Morgan fingerprint density at radius 2 is 1.93 bits per heavy atom. The van der Waals surface area contributed by atoms with Crippen LogP contribution >= 0.6 is 11.6 Å². The van der Waals surface area contributed by atoms with Gasteiger partial charge >= 0.3 is 5.97 Å². The summed E-state index contributed by atoms with van der Waals surface area (Å²) in [5, 5.41) is 3.94. The highest BCUT2D eigenvalue weighted by Crippen LogP contribution is 2.19. The quantitative estimate of drug-likeness (QED) is 0.686. The van der Waals surface area contributed by atoms with Crippen molar-refractivity contribution in [3.05, 3.63) is 64.7 Å². The SMILES string of the molecule is Cc1cccc(NC(=O)COC(=O)[C@H]2CC(=O)N(NC(=O)c3ccccc3Cl)C2)c1. The van der Waals surface area contributed by atoms with E-state index in [1.807, 2.05) is 13.0 Å². The van der Waals surface area contributed by atoms with Crippen LogP contribution in [-0.2, 0) is 19.1 Å². The minimum Gasteiger partial charge on any atom is -0.455 e. The molecular formula is C21H20ClN3O5. The maximum atomic E-state index is 12.3. The minimum atomic E-state index is -0.782. The lowest BCUT2D eigenvalue weighted by atomic mass is 10.1. The summed E-state index contributed by atoms with van der Waals surface area (Å²) < 4.78 is 5.03. The zero-order valence-corrected chi connectivity index (χ0v) is 16.9.